The first-order chi connectivity index (χ1) is 8.66. The van der Waals surface area contributed by atoms with E-state index in [-0.39, 0.29) is 18.1 Å². The number of aryl methyl sites for hydroxylation is 1. The van der Waals surface area contributed by atoms with Gasteiger partial charge in [-0.15, -0.1) is 0 Å². The van der Waals surface area contributed by atoms with Gasteiger partial charge in [-0.05, 0) is 25.1 Å². The molecule has 1 N–H and O–H groups in total. The number of aromatic carboxylic acids is 1. The number of pyridine rings is 1. The molecule has 92 valence electrons. The molecule has 6 nitrogen and oxygen atoms in total. The monoisotopic (exact) mass is 245 g/mol. The van der Waals surface area contributed by atoms with Gasteiger partial charge < -0.3 is 9.84 Å². The summed E-state index contributed by atoms with van der Waals surface area (Å²) < 4.78 is 5.37. The van der Waals surface area contributed by atoms with E-state index in [9.17, 15) is 4.79 Å². The second-order valence-corrected chi connectivity index (χ2v) is 3.56. The van der Waals surface area contributed by atoms with Crippen LogP contribution < -0.4 is 4.74 Å². The van der Waals surface area contributed by atoms with Crippen LogP contribution in [0, 0.1) is 6.92 Å². The van der Waals surface area contributed by atoms with Crippen LogP contribution >= 0.6 is 0 Å². The molecule has 0 amide bonds. The highest BCUT2D eigenvalue weighted by atomic mass is 16.5. The Morgan fingerprint density at radius 2 is 2.06 bits per heavy atom. The van der Waals surface area contributed by atoms with Crippen molar-refractivity contribution in [3.63, 3.8) is 0 Å². The Morgan fingerprint density at radius 3 is 2.72 bits per heavy atom. The van der Waals surface area contributed by atoms with Crippen molar-refractivity contribution < 1.29 is 14.6 Å². The van der Waals surface area contributed by atoms with E-state index in [1.165, 1.54) is 0 Å². The number of hydrogen-bond donors (Lipinski definition) is 1. The van der Waals surface area contributed by atoms with E-state index in [0.717, 1.165) is 0 Å². The lowest BCUT2D eigenvalue weighted by Gasteiger charge is -2.07. The lowest BCUT2D eigenvalue weighted by molar-refractivity contribution is 0.0684. The van der Waals surface area contributed by atoms with E-state index in [1.54, 1.807) is 37.5 Å². The molecule has 6 heteroatoms. The first-order valence-electron chi connectivity index (χ1n) is 5.26. The molecule has 0 saturated heterocycles. The van der Waals surface area contributed by atoms with E-state index in [0.29, 0.717) is 11.5 Å². The highest BCUT2D eigenvalue weighted by molar-refractivity contribution is 5.88. The minimum Gasteiger partial charge on any atom is -0.483 e. The van der Waals surface area contributed by atoms with Crippen molar-refractivity contribution in [2.24, 2.45) is 0 Å². The number of rotatable bonds is 4. The van der Waals surface area contributed by atoms with Crippen LogP contribution in [0.15, 0.2) is 30.6 Å². The molecule has 2 aromatic rings. The largest absolute Gasteiger partial charge is 0.483 e. The summed E-state index contributed by atoms with van der Waals surface area (Å²) in [6, 6.07) is 4.96. The molecule has 18 heavy (non-hydrogen) atoms. The van der Waals surface area contributed by atoms with Crippen LogP contribution in [-0.2, 0) is 6.61 Å². The maximum absolute atomic E-state index is 11.0. The van der Waals surface area contributed by atoms with Crippen LogP contribution in [0.1, 0.15) is 22.0 Å². The smallest absolute Gasteiger partial charge is 0.358 e. The van der Waals surface area contributed by atoms with Crippen LogP contribution in [0.2, 0.25) is 0 Å². The van der Waals surface area contributed by atoms with Crippen LogP contribution in [0.3, 0.4) is 0 Å². The molecule has 0 aliphatic rings. The van der Waals surface area contributed by atoms with E-state index in [4.69, 9.17) is 9.84 Å². The summed E-state index contributed by atoms with van der Waals surface area (Å²) in [6.07, 6.45) is 3.19. The molecule has 2 heterocycles. The Morgan fingerprint density at radius 1 is 1.33 bits per heavy atom. The first-order valence-corrected chi connectivity index (χ1v) is 5.26. The Hall–Kier alpha value is -2.50. The van der Waals surface area contributed by atoms with Gasteiger partial charge in [-0.3, -0.25) is 0 Å². The van der Waals surface area contributed by atoms with Crippen molar-refractivity contribution in [1.82, 2.24) is 15.0 Å². The summed E-state index contributed by atoms with van der Waals surface area (Å²) in [7, 11) is 0. The molecule has 0 aromatic carbocycles. The lowest BCUT2D eigenvalue weighted by Crippen LogP contribution is -2.08. The number of carboxylic acids is 1. The third-order valence-corrected chi connectivity index (χ3v) is 2.18. The minimum absolute atomic E-state index is 0.103. The summed E-state index contributed by atoms with van der Waals surface area (Å²) in [5, 5.41) is 9.01. The van der Waals surface area contributed by atoms with Crippen LogP contribution in [0.5, 0.6) is 5.75 Å². The summed E-state index contributed by atoms with van der Waals surface area (Å²) in [6.45, 7) is 1.82. The third-order valence-electron chi connectivity index (χ3n) is 2.18. The number of nitrogens with zero attached hydrogens (tertiary/aromatic N) is 3. The van der Waals surface area contributed by atoms with Crippen molar-refractivity contribution in [2.75, 3.05) is 0 Å². The number of ether oxygens (including phenoxy) is 1. The van der Waals surface area contributed by atoms with Crippen LogP contribution in [-0.4, -0.2) is 26.0 Å². The second kappa shape index (κ2) is 5.22. The van der Waals surface area contributed by atoms with Crippen molar-refractivity contribution in [3.8, 4) is 5.75 Å². The molecular weight excluding hydrogens is 234 g/mol. The number of hydrogen-bond acceptors (Lipinski definition) is 5. The topological polar surface area (TPSA) is 85.2 Å². The van der Waals surface area contributed by atoms with Gasteiger partial charge in [0.05, 0.1) is 0 Å². The van der Waals surface area contributed by atoms with Gasteiger partial charge in [-0.1, -0.05) is 0 Å². The molecular formula is C12H11N3O3. The quantitative estimate of drug-likeness (QED) is 0.877. The van der Waals surface area contributed by atoms with Gasteiger partial charge in [-0.25, -0.2) is 19.7 Å². The lowest BCUT2D eigenvalue weighted by atomic mass is 10.3. The van der Waals surface area contributed by atoms with E-state index >= 15 is 0 Å². The minimum atomic E-state index is -1.12. The van der Waals surface area contributed by atoms with Gasteiger partial charge in [0.15, 0.2) is 17.3 Å². The van der Waals surface area contributed by atoms with E-state index in [2.05, 4.69) is 15.0 Å². The fourth-order valence-corrected chi connectivity index (χ4v) is 1.36. The Kier molecular flexibility index (Phi) is 3.47. The third kappa shape index (κ3) is 2.79. The summed E-state index contributed by atoms with van der Waals surface area (Å²) in [4.78, 5) is 22.9. The first kappa shape index (κ1) is 12.0. The van der Waals surface area contributed by atoms with Gasteiger partial charge in [-0.2, -0.15) is 0 Å². The molecule has 0 aliphatic heterocycles. The van der Waals surface area contributed by atoms with Gasteiger partial charge in [0.1, 0.15) is 6.61 Å². The SMILES string of the molecule is Cc1ccc(OCc2ncccn2)c(C(=O)O)n1. The maximum atomic E-state index is 11.0. The van der Waals surface area contributed by atoms with Crippen molar-refractivity contribution in [3.05, 3.63) is 47.8 Å². The molecule has 2 rings (SSSR count). The Bertz CT molecular complexity index is 558. The molecule has 2 aromatic heterocycles. The molecule has 0 unspecified atom stereocenters. The average molecular weight is 245 g/mol. The van der Waals surface area contributed by atoms with Gasteiger partial charge in [0.2, 0.25) is 0 Å². The zero-order valence-corrected chi connectivity index (χ0v) is 9.70. The Balaban J connectivity index is 2.17. The Labute approximate surface area is 103 Å². The van der Waals surface area contributed by atoms with Gasteiger partial charge in [0, 0.05) is 18.1 Å². The normalized spacial score (nSPS) is 10.1. The summed E-state index contributed by atoms with van der Waals surface area (Å²) in [5.41, 5.74) is 0.515. The molecule has 0 atom stereocenters. The predicted molar refractivity (Wildman–Crippen MR) is 62.3 cm³/mol. The maximum Gasteiger partial charge on any atom is 0.358 e. The van der Waals surface area contributed by atoms with Crippen molar-refractivity contribution >= 4 is 5.97 Å². The second-order valence-electron chi connectivity index (χ2n) is 3.56. The molecule has 0 bridgehead atoms. The van der Waals surface area contributed by atoms with E-state index < -0.39 is 5.97 Å². The van der Waals surface area contributed by atoms with E-state index in [1.807, 2.05) is 0 Å². The standard InChI is InChI=1S/C12H11N3O3/c1-8-3-4-9(11(15-8)12(16)17)18-7-10-13-5-2-6-14-10/h2-6H,7H2,1H3,(H,16,17). The van der Waals surface area contributed by atoms with Crippen molar-refractivity contribution in [1.29, 1.82) is 0 Å². The molecule has 0 aliphatic carbocycles. The fraction of sp³-hybridized carbons (Fsp3) is 0.167. The predicted octanol–water partition coefficient (Wildman–Crippen LogP) is 1.46. The summed E-state index contributed by atoms with van der Waals surface area (Å²) >= 11 is 0. The zero-order chi connectivity index (χ0) is 13.0. The number of carboxylic acid groups (broad SMARTS) is 1. The molecule has 0 saturated carbocycles. The van der Waals surface area contributed by atoms with Crippen LogP contribution in [0.4, 0.5) is 0 Å². The summed E-state index contributed by atoms with van der Waals surface area (Å²) in [5.74, 6) is -0.433. The molecule has 0 radical (unpaired) electrons. The highest BCUT2D eigenvalue weighted by Crippen LogP contribution is 2.17. The number of aromatic nitrogens is 3. The fourth-order valence-electron chi connectivity index (χ4n) is 1.36. The van der Waals surface area contributed by atoms with Gasteiger partial charge >= 0.3 is 5.97 Å². The highest BCUT2D eigenvalue weighted by Gasteiger charge is 2.13. The number of carbonyl (C=O) groups is 1. The zero-order valence-electron chi connectivity index (χ0n) is 9.70. The molecule has 0 spiro atoms. The van der Waals surface area contributed by atoms with Crippen molar-refractivity contribution in [2.45, 2.75) is 13.5 Å². The average Bonchev–Trinajstić information content (AvgIpc) is 2.38. The molecule has 0 fully saturated rings. The van der Waals surface area contributed by atoms with Gasteiger partial charge in [0.25, 0.3) is 0 Å². The van der Waals surface area contributed by atoms with Crippen LogP contribution in [0.25, 0.3) is 0 Å².